The number of rotatable bonds is 5. The van der Waals surface area contributed by atoms with Crippen LogP contribution < -0.4 is 10.6 Å². The van der Waals surface area contributed by atoms with Gasteiger partial charge in [0.1, 0.15) is 0 Å². The van der Waals surface area contributed by atoms with Gasteiger partial charge >= 0.3 is 0 Å². The minimum atomic E-state index is 0. The monoisotopic (exact) mass is 403 g/mol. The predicted octanol–water partition coefficient (Wildman–Crippen LogP) is 1.85. The molecule has 0 saturated carbocycles. The molecule has 0 spiro atoms. The zero-order valence-corrected chi connectivity index (χ0v) is 15.2. The predicted molar refractivity (Wildman–Crippen MR) is 98.1 cm³/mol. The van der Waals surface area contributed by atoms with Crippen LogP contribution in [0.1, 0.15) is 25.5 Å². The highest BCUT2D eigenvalue weighted by Gasteiger charge is 2.20. The van der Waals surface area contributed by atoms with Crippen LogP contribution in [0.25, 0.3) is 0 Å². The zero-order valence-electron chi connectivity index (χ0n) is 12.9. The van der Waals surface area contributed by atoms with Gasteiger partial charge in [-0.1, -0.05) is 6.07 Å². The molecule has 1 saturated heterocycles. The Kier molecular flexibility index (Phi) is 8.60. The van der Waals surface area contributed by atoms with Crippen LogP contribution in [0.4, 0.5) is 0 Å². The maximum atomic E-state index is 4.58. The summed E-state index contributed by atoms with van der Waals surface area (Å²) in [6, 6.07) is 6.53. The molecule has 5 nitrogen and oxygen atoms in total. The van der Waals surface area contributed by atoms with Gasteiger partial charge in [-0.05, 0) is 45.5 Å². The van der Waals surface area contributed by atoms with Gasteiger partial charge < -0.3 is 15.5 Å². The van der Waals surface area contributed by atoms with Gasteiger partial charge in [0, 0.05) is 25.3 Å². The third-order valence-electron chi connectivity index (χ3n) is 3.65. The molecular weight excluding hydrogens is 377 g/mol. The average molecular weight is 403 g/mol. The molecule has 1 aliphatic rings. The lowest BCUT2D eigenvalue weighted by Crippen LogP contribution is -2.44. The first kappa shape index (κ1) is 18.2. The van der Waals surface area contributed by atoms with E-state index in [1.165, 1.54) is 19.4 Å². The van der Waals surface area contributed by atoms with Crippen LogP contribution >= 0.6 is 24.0 Å². The summed E-state index contributed by atoms with van der Waals surface area (Å²) < 4.78 is 0. The standard InChI is InChI=1S/C15H25N5.HI/c1-3-16-15(18-11-13-7-4-5-9-17-13)19-12-14-8-6-10-20(14)2;/h4-5,7,9,14H,3,6,8,10-12H2,1-2H3,(H2,16,18,19);1H. The smallest absolute Gasteiger partial charge is 0.191 e. The number of hydrogen-bond acceptors (Lipinski definition) is 3. The van der Waals surface area contributed by atoms with E-state index >= 15 is 0 Å². The van der Waals surface area contributed by atoms with E-state index in [-0.39, 0.29) is 24.0 Å². The number of likely N-dealkylation sites (tertiary alicyclic amines) is 1. The Bertz CT molecular complexity index is 423. The molecule has 1 unspecified atom stereocenters. The Morgan fingerprint density at radius 3 is 2.90 bits per heavy atom. The van der Waals surface area contributed by atoms with Gasteiger partial charge in [-0.3, -0.25) is 4.98 Å². The van der Waals surface area contributed by atoms with Crippen molar-refractivity contribution in [1.82, 2.24) is 20.5 Å². The molecule has 21 heavy (non-hydrogen) atoms. The van der Waals surface area contributed by atoms with Crippen molar-refractivity contribution in [3.63, 3.8) is 0 Å². The number of aromatic nitrogens is 1. The van der Waals surface area contributed by atoms with Gasteiger partial charge in [0.25, 0.3) is 0 Å². The molecular formula is C15H26IN5. The number of hydrogen-bond donors (Lipinski definition) is 2. The molecule has 2 N–H and O–H groups in total. The fraction of sp³-hybridized carbons (Fsp3) is 0.600. The van der Waals surface area contributed by atoms with E-state index < -0.39 is 0 Å². The van der Waals surface area contributed by atoms with Gasteiger partial charge in [0.2, 0.25) is 0 Å². The van der Waals surface area contributed by atoms with Crippen LogP contribution in [-0.2, 0) is 6.54 Å². The third kappa shape index (κ3) is 6.17. The number of likely N-dealkylation sites (N-methyl/N-ethyl adjacent to an activating group) is 1. The lowest BCUT2D eigenvalue weighted by Gasteiger charge is -2.21. The Morgan fingerprint density at radius 1 is 1.43 bits per heavy atom. The lowest BCUT2D eigenvalue weighted by atomic mass is 10.2. The Labute approximate surface area is 144 Å². The largest absolute Gasteiger partial charge is 0.357 e. The van der Waals surface area contributed by atoms with Crippen LogP contribution in [0, 0.1) is 0 Å². The second kappa shape index (κ2) is 9.94. The summed E-state index contributed by atoms with van der Waals surface area (Å²) in [7, 11) is 2.19. The van der Waals surface area contributed by atoms with Crippen molar-refractivity contribution in [2.75, 3.05) is 26.7 Å². The molecule has 6 heteroatoms. The first-order chi connectivity index (χ1) is 9.79. The highest BCUT2D eigenvalue weighted by Crippen LogP contribution is 2.13. The summed E-state index contributed by atoms with van der Waals surface area (Å²) in [6.07, 6.45) is 4.37. The van der Waals surface area contributed by atoms with Gasteiger partial charge in [-0.2, -0.15) is 0 Å². The van der Waals surface area contributed by atoms with Crippen LogP contribution in [-0.4, -0.2) is 48.6 Å². The van der Waals surface area contributed by atoms with Crippen molar-refractivity contribution in [2.45, 2.75) is 32.4 Å². The molecule has 2 heterocycles. The summed E-state index contributed by atoms with van der Waals surface area (Å²) in [6.45, 7) is 5.71. The van der Waals surface area contributed by atoms with Crippen molar-refractivity contribution in [2.24, 2.45) is 4.99 Å². The molecule has 1 aromatic heterocycles. The van der Waals surface area contributed by atoms with Crippen LogP contribution in [0.2, 0.25) is 0 Å². The fourth-order valence-corrected chi connectivity index (χ4v) is 2.45. The maximum absolute atomic E-state index is 4.58. The van der Waals surface area contributed by atoms with Crippen LogP contribution in [0.3, 0.4) is 0 Å². The minimum Gasteiger partial charge on any atom is -0.357 e. The SMILES string of the molecule is CCNC(=NCc1ccccn1)NCC1CCCN1C.I. The quantitative estimate of drug-likeness (QED) is 0.448. The molecule has 1 aliphatic heterocycles. The summed E-state index contributed by atoms with van der Waals surface area (Å²) in [5, 5.41) is 6.72. The molecule has 1 aromatic rings. The van der Waals surface area contributed by atoms with Gasteiger partial charge in [-0.25, -0.2) is 4.99 Å². The highest BCUT2D eigenvalue weighted by molar-refractivity contribution is 14.0. The van der Waals surface area contributed by atoms with E-state index in [0.717, 1.165) is 24.7 Å². The summed E-state index contributed by atoms with van der Waals surface area (Å²) in [5.74, 6) is 0.874. The Hall–Kier alpha value is -0.890. The van der Waals surface area contributed by atoms with Crippen molar-refractivity contribution in [1.29, 1.82) is 0 Å². The second-order valence-corrected chi connectivity index (χ2v) is 5.17. The Balaban J connectivity index is 0.00000220. The molecule has 0 bridgehead atoms. The van der Waals surface area contributed by atoms with Crippen molar-refractivity contribution >= 4 is 29.9 Å². The molecule has 0 aliphatic carbocycles. The van der Waals surface area contributed by atoms with Crippen molar-refractivity contribution in [3.8, 4) is 0 Å². The lowest BCUT2D eigenvalue weighted by molar-refractivity contribution is 0.309. The van der Waals surface area contributed by atoms with Crippen LogP contribution in [0.15, 0.2) is 29.4 Å². The molecule has 0 amide bonds. The van der Waals surface area contributed by atoms with Gasteiger partial charge in [0.15, 0.2) is 5.96 Å². The van der Waals surface area contributed by atoms with E-state index in [9.17, 15) is 0 Å². The van der Waals surface area contributed by atoms with E-state index in [4.69, 9.17) is 0 Å². The van der Waals surface area contributed by atoms with Gasteiger partial charge in [-0.15, -0.1) is 24.0 Å². The number of aliphatic imine (C=N–C) groups is 1. The zero-order chi connectivity index (χ0) is 14.2. The fourth-order valence-electron chi connectivity index (χ4n) is 2.45. The van der Waals surface area contributed by atoms with E-state index in [1.807, 2.05) is 18.2 Å². The number of nitrogens with zero attached hydrogens (tertiary/aromatic N) is 3. The number of pyridine rings is 1. The molecule has 118 valence electrons. The minimum absolute atomic E-state index is 0. The van der Waals surface area contributed by atoms with E-state index in [1.54, 1.807) is 6.20 Å². The topological polar surface area (TPSA) is 52.6 Å². The van der Waals surface area contributed by atoms with E-state index in [0.29, 0.717) is 12.6 Å². The molecule has 0 aromatic carbocycles. The normalized spacial score (nSPS) is 19.1. The maximum Gasteiger partial charge on any atom is 0.191 e. The molecule has 1 atom stereocenters. The van der Waals surface area contributed by atoms with Crippen LogP contribution in [0.5, 0.6) is 0 Å². The molecule has 2 rings (SSSR count). The highest BCUT2D eigenvalue weighted by atomic mass is 127. The second-order valence-electron chi connectivity index (χ2n) is 5.17. The molecule has 0 radical (unpaired) electrons. The first-order valence-corrected chi connectivity index (χ1v) is 7.42. The van der Waals surface area contributed by atoms with Gasteiger partial charge in [0.05, 0.1) is 12.2 Å². The summed E-state index contributed by atoms with van der Waals surface area (Å²) in [4.78, 5) is 11.3. The Morgan fingerprint density at radius 2 is 2.29 bits per heavy atom. The summed E-state index contributed by atoms with van der Waals surface area (Å²) in [5.41, 5.74) is 0.989. The number of nitrogens with one attached hydrogen (secondary N) is 2. The van der Waals surface area contributed by atoms with Crippen molar-refractivity contribution < 1.29 is 0 Å². The van der Waals surface area contributed by atoms with Crippen molar-refractivity contribution in [3.05, 3.63) is 30.1 Å². The average Bonchev–Trinajstić information content (AvgIpc) is 2.88. The first-order valence-electron chi connectivity index (χ1n) is 7.42. The van der Waals surface area contributed by atoms with E-state index in [2.05, 4.69) is 39.5 Å². The summed E-state index contributed by atoms with van der Waals surface area (Å²) >= 11 is 0. The number of halogens is 1. The molecule has 1 fully saturated rings. The third-order valence-corrected chi connectivity index (χ3v) is 3.65. The number of guanidine groups is 1.